The van der Waals surface area contributed by atoms with Crippen LogP contribution in [0.2, 0.25) is 15.1 Å². The molecule has 0 aliphatic rings. The van der Waals surface area contributed by atoms with Crippen molar-refractivity contribution >= 4 is 46.9 Å². The predicted molar refractivity (Wildman–Crippen MR) is 87.4 cm³/mol. The van der Waals surface area contributed by atoms with Gasteiger partial charge in [-0.15, -0.1) is 0 Å². The Bertz CT molecular complexity index is 669. The van der Waals surface area contributed by atoms with Crippen LogP contribution in [0.4, 0.5) is 0 Å². The molecule has 6 heteroatoms. The van der Waals surface area contributed by atoms with E-state index in [2.05, 4.69) is 10.5 Å². The van der Waals surface area contributed by atoms with Gasteiger partial charge >= 0.3 is 0 Å². The fourth-order valence-electron chi connectivity index (χ4n) is 1.62. The molecule has 0 spiro atoms. The topological polar surface area (TPSA) is 41.5 Å². The first-order valence-corrected chi connectivity index (χ1v) is 7.20. The van der Waals surface area contributed by atoms with Crippen LogP contribution in [0.5, 0.6) is 0 Å². The van der Waals surface area contributed by atoms with E-state index in [1.165, 1.54) is 6.21 Å². The first-order valence-electron chi connectivity index (χ1n) is 6.06. The Labute approximate surface area is 137 Å². The molecule has 0 fully saturated rings. The summed E-state index contributed by atoms with van der Waals surface area (Å²) in [6.07, 6.45) is 1.67. The van der Waals surface area contributed by atoms with E-state index in [-0.39, 0.29) is 12.3 Å². The maximum atomic E-state index is 11.7. The SMILES string of the molecule is O=C(Cc1ccc(Cl)cc1)N/N=C\c1cccc(Cl)c1Cl. The molecular weight excluding hydrogens is 331 g/mol. The molecule has 0 radical (unpaired) electrons. The summed E-state index contributed by atoms with van der Waals surface area (Å²) >= 11 is 17.7. The maximum absolute atomic E-state index is 11.7. The van der Waals surface area contributed by atoms with Crippen molar-refractivity contribution < 1.29 is 4.79 Å². The Morgan fingerprint density at radius 1 is 1.10 bits per heavy atom. The Morgan fingerprint density at radius 3 is 2.52 bits per heavy atom. The minimum atomic E-state index is -0.230. The maximum Gasteiger partial charge on any atom is 0.244 e. The molecule has 0 saturated heterocycles. The number of nitrogens with zero attached hydrogens (tertiary/aromatic N) is 1. The summed E-state index contributed by atoms with van der Waals surface area (Å²) in [5.74, 6) is -0.230. The molecular formula is C15H11Cl3N2O. The van der Waals surface area contributed by atoms with Gasteiger partial charge in [0, 0.05) is 10.6 Å². The number of hydrogen-bond donors (Lipinski definition) is 1. The summed E-state index contributed by atoms with van der Waals surface area (Å²) in [7, 11) is 0. The summed E-state index contributed by atoms with van der Waals surface area (Å²) in [6, 6.07) is 12.2. The smallest absolute Gasteiger partial charge is 0.244 e. The average Bonchev–Trinajstić information content (AvgIpc) is 2.46. The lowest BCUT2D eigenvalue weighted by atomic mass is 10.1. The highest BCUT2D eigenvalue weighted by Gasteiger charge is 2.03. The van der Waals surface area contributed by atoms with Gasteiger partial charge in [0.1, 0.15) is 0 Å². The van der Waals surface area contributed by atoms with Crippen molar-refractivity contribution in [3.8, 4) is 0 Å². The van der Waals surface area contributed by atoms with Crippen molar-refractivity contribution in [3.63, 3.8) is 0 Å². The summed E-state index contributed by atoms with van der Waals surface area (Å²) in [6.45, 7) is 0. The first kappa shape index (κ1) is 15.8. The number of amides is 1. The number of carbonyl (C=O) groups is 1. The highest BCUT2D eigenvalue weighted by Crippen LogP contribution is 2.24. The van der Waals surface area contributed by atoms with Crippen LogP contribution in [0.25, 0.3) is 0 Å². The van der Waals surface area contributed by atoms with Crippen LogP contribution < -0.4 is 5.43 Å². The summed E-state index contributed by atoms with van der Waals surface area (Å²) in [5, 5.41) is 5.33. The van der Waals surface area contributed by atoms with Gasteiger partial charge in [-0.1, -0.05) is 59.1 Å². The molecule has 0 aliphatic carbocycles. The molecule has 2 aromatic carbocycles. The Balaban J connectivity index is 1.93. The van der Waals surface area contributed by atoms with Gasteiger partial charge in [-0.2, -0.15) is 5.10 Å². The molecule has 1 N–H and O–H groups in total. The van der Waals surface area contributed by atoms with Crippen molar-refractivity contribution in [1.82, 2.24) is 5.43 Å². The van der Waals surface area contributed by atoms with Crippen LogP contribution in [0.1, 0.15) is 11.1 Å². The number of rotatable bonds is 4. The van der Waals surface area contributed by atoms with E-state index in [0.29, 0.717) is 20.6 Å². The van der Waals surface area contributed by atoms with Crippen molar-refractivity contribution in [3.05, 3.63) is 68.7 Å². The molecule has 108 valence electrons. The fourth-order valence-corrected chi connectivity index (χ4v) is 2.10. The predicted octanol–water partition coefficient (Wildman–Crippen LogP) is 4.34. The van der Waals surface area contributed by atoms with E-state index >= 15 is 0 Å². The highest BCUT2D eigenvalue weighted by molar-refractivity contribution is 6.43. The van der Waals surface area contributed by atoms with E-state index in [1.54, 1.807) is 42.5 Å². The minimum absolute atomic E-state index is 0.220. The Morgan fingerprint density at radius 2 is 1.81 bits per heavy atom. The zero-order valence-electron chi connectivity index (χ0n) is 10.8. The molecule has 0 aliphatic heterocycles. The molecule has 0 heterocycles. The van der Waals surface area contributed by atoms with E-state index < -0.39 is 0 Å². The normalized spacial score (nSPS) is 10.8. The Kier molecular flexibility index (Phi) is 5.62. The van der Waals surface area contributed by atoms with Crippen molar-refractivity contribution in [2.45, 2.75) is 6.42 Å². The van der Waals surface area contributed by atoms with Crippen molar-refractivity contribution in [2.75, 3.05) is 0 Å². The van der Waals surface area contributed by atoms with Crippen molar-refractivity contribution in [1.29, 1.82) is 0 Å². The van der Waals surface area contributed by atoms with Gasteiger partial charge in [-0.25, -0.2) is 5.43 Å². The second kappa shape index (κ2) is 7.46. The number of carbonyl (C=O) groups excluding carboxylic acids is 1. The van der Waals surface area contributed by atoms with Crippen LogP contribution in [0.3, 0.4) is 0 Å². The fraction of sp³-hybridized carbons (Fsp3) is 0.0667. The van der Waals surface area contributed by atoms with E-state index in [0.717, 1.165) is 5.56 Å². The first-order chi connectivity index (χ1) is 10.1. The van der Waals surface area contributed by atoms with E-state index in [9.17, 15) is 4.79 Å². The number of nitrogens with one attached hydrogen (secondary N) is 1. The van der Waals surface area contributed by atoms with Gasteiger partial charge < -0.3 is 0 Å². The number of hydrogen-bond acceptors (Lipinski definition) is 2. The van der Waals surface area contributed by atoms with Crippen molar-refractivity contribution in [2.24, 2.45) is 5.10 Å². The third-order valence-corrected chi connectivity index (χ3v) is 3.74. The molecule has 21 heavy (non-hydrogen) atoms. The monoisotopic (exact) mass is 340 g/mol. The lowest BCUT2D eigenvalue weighted by Gasteiger charge is -2.02. The van der Waals surface area contributed by atoms with Crippen LogP contribution in [0, 0.1) is 0 Å². The molecule has 0 saturated carbocycles. The second-order valence-corrected chi connectivity index (χ2v) is 5.46. The Hall–Kier alpha value is -1.55. The standard InChI is InChI=1S/C15H11Cl3N2O/c16-12-6-4-10(5-7-12)8-14(21)20-19-9-11-2-1-3-13(17)15(11)18/h1-7,9H,8H2,(H,20,21)/b19-9-. The average molecular weight is 342 g/mol. The van der Waals surface area contributed by atoms with E-state index in [1.807, 2.05) is 0 Å². The number of halogens is 3. The zero-order chi connectivity index (χ0) is 15.2. The largest absolute Gasteiger partial charge is 0.273 e. The molecule has 2 aromatic rings. The van der Waals surface area contributed by atoms with Gasteiger partial charge in [-0.05, 0) is 23.8 Å². The quantitative estimate of drug-likeness (QED) is 0.652. The lowest BCUT2D eigenvalue weighted by Crippen LogP contribution is -2.19. The van der Waals surface area contributed by atoms with Gasteiger partial charge in [-0.3, -0.25) is 4.79 Å². The third-order valence-electron chi connectivity index (χ3n) is 2.65. The van der Waals surface area contributed by atoms with Gasteiger partial charge in [0.25, 0.3) is 0 Å². The van der Waals surface area contributed by atoms with Crippen LogP contribution in [-0.2, 0) is 11.2 Å². The number of benzene rings is 2. The molecule has 0 atom stereocenters. The second-order valence-electron chi connectivity index (χ2n) is 4.24. The molecule has 2 rings (SSSR count). The summed E-state index contributed by atoms with van der Waals surface area (Å²) in [5.41, 5.74) is 3.93. The number of hydrazone groups is 1. The molecule has 0 aromatic heterocycles. The van der Waals surface area contributed by atoms with Crippen LogP contribution >= 0.6 is 34.8 Å². The molecule has 0 bridgehead atoms. The minimum Gasteiger partial charge on any atom is -0.273 e. The third kappa shape index (κ3) is 4.74. The van der Waals surface area contributed by atoms with Gasteiger partial charge in [0.2, 0.25) is 5.91 Å². The highest BCUT2D eigenvalue weighted by atomic mass is 35.5. The van der Waals surface area contributed by atoms with E-state index in [4.69, 9.17) is 34.8 Å². The summed E-state index contributed by atoms with van der Waals surface area (Å²) < 4.78 is 0. The van der Waals surface area contributed by atoms with Crippen LogP contribution in [0.15, 0.2) is 47.6 Å². The van der Waals surface area contributed by atoms with Gasteiger partial charge in [0.05, 0.1) is 22.7 Å². The zero-order valence-corrected chi connectivity index (χ0v) is 13.1. The molecule has 3 nitrogen and oxygen atoms in total. The van der Waals surface area contributed by atoms with Gasteiger partial charge in [0.15, 0.2) is 0 Å². The van der Waals surface area contributed by atoms with Crippen LogP contribution in [-0.4, -0.2) is 12.1 Å². The lowest BCUT2D eigenvalue weighted by molar-refractivity contribution is -0.120. The summed E-state index contributed by atoms with van der Waals surface area (Å²) in [4.78, 5) is 11.7. The molecule has 0 unspecified atom stereocenters. The molecule has 1 amide bonds.